The fourth-order valence-corrected chi connectivity index (χ4v) is 2.44. The number of hydrogen-bond acceptors (Lipinski definition) is 4. The molecule has 7 heteroatoms. The van der Waals surface area contributed by atoms with Crippen LogP contribution in [0.5, 0.6) is 0 Å². The van der Waals surface area contributed by atoms with Gasteiger partial charge in [-0.3, -0.25) is 0 Å². The van der Waals surface area contributed by atoms with Crippen LogP contribution >= 0.6 is 15.9 Å². The van der Waals surface area contributed by atoms with E-state index in [0.29, 0.717) is 43.1 Å². The topological polar surface area (TPSA) is 45.7 Å². The van der Waals surface area contributed by atoms with Crippen LogP contribution in [0.15, 0.2) is 16.7 Å². The molecule has 2 heterocycles. The molecule has 0 saturated carbocycles. The third-order valence-corrected chi connectivity index (χ3v) is 3.78. The Hall–Kier alpha value is -1.37. The maximum atomic E-state index is 13.9. The number of nitrogens with zero attached hydrogens (tertiary/aromatic N) is 3. The molecule has 0 N–H and O–H groups in total. The number of pyridine rings is 1. The van der Waals surface area contributed by atoms with Gasteiger partial charge < -0.3 is 14.5 Å². The van der Waals surface area contributed by atoms with Crippen LogP contribution in [0.3, 0.4) is 0 Å². The molecule has 0 unspecified atom stereocenters. The Morgan fingerprint density at radius 1 is 1.43 bits per heavy atom. The average molecular weight is 360 g/mol. The summed E-state index contributed by atoms with van der Waals surface area (Å²) in [5, 5.41) is 0. The number of anilines is 1. The van der Waals surface area contributed by atoms with E-state index in [1.165, 1.54) is 6.07 Å². The van der Waals surface area contributed by atoms with Crippen LogP contribution in [0.4, 0.5) is 15.0 Å². The Labute approximate surface area is 132 Å². The molecule has 0 aliphatic carbocycles. The summed E-state index contributed by atoms with van der Waals surface area (Å²) in [6.07, 6.45) is 3.16. The van der Waals surface area contributed by atoms with Crippen molar-refractivity contribution in [1.29, 1.82) is 0 Å². The summed E-state index contributed by atoms with van der Waals surface area (Å²) < 4.78 is 19.6. The second-order valence-corrected chi connectivity index (χ2v) is 5.82. The van der Waals surface area contributed by atoms with Crippen molar-refractivity contribution in [1.82, 2.24) is 9.88 Å². The van der Waals surface area contributed by atoms with E-state index in [1.54, 1.807) is 11.1 Å². The minimum Gasteiger partial charge on any atom is -0.449 e. The first-order valence-corrected chi connectivity index (χ1v) is 7.88. The smallest absolute Gasteiger partial charge is 0.409 e. The van der Waals surface area contributed by atoms with Crippen LogP contribution in [0.2, 0.25) is 0 Å². The summed E-state index contributed by atoms with van der Waals surface area (Å²) >= 11 is 3.19. The normalized spacial score (nSPS) is 15.2. The second kappa shape index (κ2) is 7.59. The number of hydrogen-bond donors (Lipinski definition) is 0. The Bertz CT molecular complexity index is 493. The van der Waals surface area contributed by atoms with Crippen molar-refractivity contribution < 1.29 is 13.9 Å². The molecule has 1 amide bonds. The summed E-state index contributed by atoms with van der Waals surface area (Å²) in [7, 11) is 0. The molecule has 0 spiro atoms. The molecular formula is C14H19BrFN3O2. The van der Waals surface area contributed by atoms with E-state index in [9.17, 15) is 9.18 Å². The number of rotatable bonds is 4. The van der Waals surface area contributed by atoms with Crippen molar-refractivity contribution in [2.75, 3.05) is 37.7 Å². The molecule has 1 aliphatic rings. The largest absolute Gasteiger partial charge is 0.449 e. The van der Waals surface area contributed by atoms with Gasteiger partial charge in [-0.1, -0.05) is 13.3 Å². The lowest BCUT2D eigenvalue weighted by Crippen LogP contribution is -2.49. The van der Waals surface area contributed by atoms with Gasteiger partial charge in [0, 0.05) is 36.8 Å². The van der Waals surface area contributed by atoms with Gasteiger partial charge in [0.15, 0.2) is 11.6 Å². The highest BCUT2D eigenvalue weighted by atomic mass is 79.9. The van der Waals surface area contributed by atoms with E-state index in [4.69, 9.17) is 4.74 Å². The maximum absolute atomic E-state index is 13.9. The van der Waals surface area contributed by atoms with Crippen molar-refractivity contribution in [3.05, 3.63) is 22.6 Å². The van der Waals surface area contributed by atoms with E-state index < -0.39 is 0 Å². The average Bonchev–Trinajstić information content (AvgIpc) is 2.48. The van der Waals surface area contributed by atoms with E-state index in [0.717, 1.165) is 12.8 Å². The van der Waals surface area contributed by atoms with Crippen LogP contribution in [0.25, 0.3) is 0 Å². The van der Waals surface area contributed by atoms with Gasteiger partial charge in [0.1, 0.15) is 0 Å². The van der Waals surface area contributed by atoms with Crippen molar-refractivity contribution in [2.45, 2.75) is 19.8 Å². The lowest BCUT2D eigenvalue weighted by atomic mass is 10.3. The van der Waals surface area contributed by atoms with Crippen LogP contribution in [0, 0.1) is 5.82 Å². The zero-order chi connectivity index (χ0) is 15.2. The summed E-state index contributed by atoms with van der Waals surface area (Å²) in [5.74, 6) is -0.0273. The van der Waals surface area contributed by atoms with Crippen molar-refractivity contribution in [2.24, 2.45) is 0 Å². The summed E-state index contributed by atoms with van der Waals surface area (Å²) in [5.41, 5.74) is 0. The number of amides is 1. The van der Waals surface area contributed by atoms with Gasteiger partial charge in [0.25, 0.3) is 0 Å². The number of carbonyl (C=O) groups excluding carboxylic acids is 1. The minimum atomic E-state index is -0.358. The highest BCUT2D eigenvalue weighted by Gasteiger charge is 2.24. The molecule has 0 radical (unpaired) electrons. The summed E-state index contributed by atoms with van der Waals surface area (Å²) in [6, 6.07) is 1.40. The molecular weight excluding hydrogens is 341 g/mol. The number of halogens is 2. The lowest BCUT2D eigenvalue weighted by molar-refractivity contribution is 0.0988. The van der Waals surface area contributed by atoms with Gasteiger partial charge >= 0.3 is 6.09 Å². The monoisotopic (exact) mass is 359 g/mol. The predicted octanol–water partition coefficient (Wildman–Crippen LogP) is 3.04. The first-order chi connectivity index (χ1) is 10.1. The molecule has 1 fully saturated rings. The molecule has 0 aromatic carbocycles. The molecule has 116 valence electrons. The first kappa shape index (κ1) is 16.0. The molecule has 2 rings (SSSR count). The Morgan fingerprint density at radius 2 is 2.14 bits per heavy atom. The van der Waals surface area contributed by atoms with Crippen LogP contribution < -0.4 is 4.90 Å². The molecule has 0 bridgehead atoms. The standard InChI is InChI=1S/C14H19BrFN3O2/c1-2-3-8-21-14(20)19-6-4-18(5-7-19)13-12(16)9-11(15)10-17-13/h9-10H,2-8H2,1H3. The maximum Gasteiger partial charge on any atom is 0.409 e. The van der Waals surface area contributed by atoms with Crippen molar-refractivity contribution in [3.63, 3.8) is 0 Å². The van der Waals surface area contributed by atoms with E-state index in [-0.39, 0.29) is 11.9 Å². The van der Waals surface area contributed by atoms with Gasteiger partial charge in [-0.2, -0.15) is 0 Å². The molecule has 1 aromatic heterocycles. The number of unbranched alkanes of at least 4 members (excludes halogenated alkanes) is 1. The Balaban J connectivity index is 1.86. The van der Waals surface area contributed by atoms with Gasteiger partial charge in [-0.05, 0) is 28.4 Å². The third-order valence-electron chi connectivity index (χ3n) is 3.35. The highest BCUT2D eigenvalue weighted by molar-refractivity contribution is 9.10. The summed E-state index contributed by atoms with van der Waals surface area (Å²) in [4.78, 5) is 19.4. The number of aromatic nitrogens is 1. The molecule has 1 aliphatic heterocycles. The molecule has 5 nitrogen and oxygen atoms in total. The van der Waals surface area contributed by atoms with Crippen LogP contribution in [0.1, 0.15) is 19.8 Å². The van der Waals surface area contributed by atoms with Crippen molar-refractivity contribution in [3.8, 4) is 0 Å². The molecule has 21 heavy (non-hydrogen) atoms. The fourth-order valence-electron chi connectivity index (χ4n) is 2.14. The second-order valence-electron chi connectivity index (χ2n) is 4.90. The Morgan fingerprint density at radius 3 is 2.76 bits per heavy atom. The van der Waals surface area contributed by atoms with Crippen molar-refractivity contribution >= 4 is 27.8 Å². The fraction of sp³-hybridized carbons (Fsp3) is 0.571. The summed E-state index contributed by atoms with van der Waals surface area (Å²) in [6.45, 7) is 4.64. The van der Waals surface area contributed by atoms with E-state index in [2.05, 4.69) is 20.9 Å². The SMILES string of the molecule is CCCCOC(=O)N1CCN(c2ncc(Br)cc2F)CC1. The van der Waals surface area contributed by atoms with Crippen LogP contribution in [-0.2, 0) is 4.74 Å². The van der Waals surface area contributed by atoms with Gasteiger partial charge in [0.05, 0.1) is 6.61 Å². The molecule has 1 aromatic rings. The predicted molar refractivity (Wildman–Crippen MR) is 81.9 cm³/mol. The molecule has 1 saturated heterocycles. The molecule has 0 atom stereocenters. The zero-order valence-corrected chi connectivity index (χ0v) is 13.6. The van der Waals surface area contributed by atoms with Gasteiger partial charge in [-0.25, -0.2) is 14.2 Å². The zero-order valence-electron chi connectivity index (χ0n) is 12.0. The minimum absolute atomic E-state index is 0.285. The first-order valence-electron chi connectivity index (χ1n) is 7.09. The van der Waals surface area contributed by atoms with Gasteiger partial charge in [0.2, 0.25) is 0 Å². The Kier molecular flexibility index (Phi) is 5.78. The quantitative estimate of drug-likeness (QED) is 0.775. The number of piperazine rings is 1. The van der Waals surface area contributed by atoms with Gasteiger partial charge in [-0.15, -0.1) is 0 Å². The van der Waals surface area contributed by atoms with Crippen LogP contribution in [-0.4, -0.2) is 48.8 Å². The van der Waals surface area contributed by atoms with E-state index >= 15 is 0 Å². The highest BCUT2D eigenvalue weighted by Crippen LogP contribution is 2.21. The van der Waals surface area contributed by atoms with E-state index in [1.807, 2.05) is 11.8 Å². The number of ether oxygens (including phenoxy) is 1. The number of carbonyl (C=O) groups is 1. The third kappa shape index (κ3) is 4.30. The lowest BCUT2D eigenvalue weighted by Gasteiger charge is -2.34.